The maximum atomic E-state index is 12.4. The predicted octanol–water partition coefficient (Wildman–Crippen LogP) is 1.82. The molecule has 1 atom stereocenters. The molecule has 2 aromatic heterocycles. The van der Waals surface area contributed by atoms with Crippen molar-refractivity contribution in [3.05, 3.63) is 35.3 Å². The maximum Gasteiger partial charge on any atom is 0.229 e. The number of nitrogens with zero attached hydrogens (tertiary/aromatic N) is 3. The van der Waals surface area contributed by atoms with Gasteiger partial charge >= 0.3 is 0 Å². The van der Waals surface area contributed by atoms with E-state index in [1.165, 1.54) is 18.4 Å². The van der Waals surface area contributed by atoms with Gasteiger partial charge in [0.15, 0.2) is 0 Å². The van der Waals surface area contributed by atoms with Gasteiger partial charge in [-0.1, -0.05) is 0 Å². The summed E-state index contributed by atoms with van der Waals surface area (Å²) >= 11 is 0. The summed E-state index contributed by atoms with van der Waals surface area (Å²) in [5.41, 5.74) is 3.19. The fourth-order valence-electron chi connectivity index (χ4n) is 2.92. The number of aromatic amines is 1. The summed E-state index contributed by atoms with van der Waals surface area (Å²) in [6.07, 6.45) is 6.54. The van der Waals surface area contributed by atoms with Gasteiger partial charge in [0.2, 0.25) is 5.91 Å². The van der Waals surface area contributed by atoms with Crippen LogP contribution in [0.1, 0.15) is 42.1 Å². The molecule has 1 unspecified atom stereocenters. The van der Waals surface area contributed by atoms with Crippen molar-refractivity contribution in [2.75, 3.05) is 5.32 Å². The van der Waals surface area contributed by atoms with E-state index >= 15 is 0 Å². The molecule has 2 N–H and O–H groups in total. The van der Waals surface area contributed by atoms with Gasteiger partial charge in [0.25, 0.3) is 0 Å². The number of nitrogens with one attached hydrogen (secondary N) is 2. The smallest absolute Gasteiger partial charge is 0.229 e. The average Bonchev–Trinajstić information content (AvgIpc) is 3.25. The highest BCUT2D eigenvalue weighted by Crippen LogP contribution is 2.40. The second-order valence-corrected chi connectivity index (χ2v) is 5.89. The first-order chi connectivity index (χ1) is 10.3. The molecular weight excluding hydrogens is 266 g/mol. The van der Waals surface area contributed by atoms with Crippen LogP contribution in [0.3, 0.4) is 0 Å². The summed E-state index contributed by atoms with van der Waals surface area (Å²) in [6, 6.07) is 4.04. The SMILES string of the molecule is O=C(Nc1cc(C2CC2)ccn1)C1CCc2n[nH]nc2C1. The highest BCUT2D eigenvalue weighted by molar-refractivity contribution is 5.92. The zero-order valence-corrected chi connectivity index (χ0v) is 11.7. The van der Waals surface area contributed by atoms with Gasteiger partial charge in [-0.25, -0.2) is 4.98 Å². The number of amides is 1. The molecule has 0 aliphatic heterocycles. The van der Waals surface area contributed by atoms with Gasteiger partial charge in [-0.2, -0.15) is 15.4 Å². The summed E-state index contributed by atoms with van der Waals surface area (Å²) in [4.78, 5) is 16.6. The molecule has 0 saturated heterocycles. The molecule has 2 aliphatic rings. The van der Waals surface area contributed by atoms with Crippen molar-refractivity contribution in [2.45, 2.75) is 38.0 Å². The molecule has 0 bridgehead atoms. The Morgan fingerprint density at radius 2 is 2.10 bits per heavy atom. The molecule has 2 aliphatic carbocycles. The van der Waals surface area contributed by atoms with E-state index in [9.17, 15) is 4.79 Å². The van der Waals surface area contributed by atoms with E-state index in [0.717, 1.165) is 24.2 Å². The Bertz CT molecular complexity index is 676. The Kier molecular flexibility index (Phi) is 2.94. The number of aromatic nitrogens is 4. The van der Waals surface area contributed by atoms with Gasteiger partial charge in [-0.05, 0) is 49.3 Å². The minimum absolute atomic E-state index is 0.0316. The molecule has 0 radical (unpaired) electrons. The van der Waals surface area contributed by atoms with Gasteiger partial charge in [-0.15, -0.1) is 0 Å². The third-order valence-electron chi connectivity index (χ3n) is 4.33. The number of carbonyl (C=O) groups excluding carboxylic acids is 1. The fourth-order valence-corrected chi connectivity index (χ4v) is 2.92. The lowest BCUT2D eigenvalue weighted by molar-refractivity contribution is -0.120. The van der Waals surface area contributed by atoms with Crippen LogP contribution in [0.25, 0.3) is 0 Å². The Hall–Kier alpha value is -2.24. The third-order valence-corrected chi connectivity index (χ3v) is 4.33. The lowest BCUT2D eigenvalue weighted by Crippen LogP contribution is -2.28. The predicted molar refractivity (Wildman–Crippen MR) is 76.7 cm³/mol. The first kappa shape index (κ1) is 12.5. The van der Waals surface area contributed by atoms with E-state index in [4.69, 9.17) is 0 Å². The molecule has 6 nitrogen and oxygen atoms in total. The fraction of sp³-hybridized carbons (Fsp3) is 0.467. The molecule has 1 fully saturated rings. The topological polar surface area (TPSA) is 83.6 Å². The van der Waals surface area contributed by atoms with Crippen molar-refractivity contribution in [1.29, 1.82) is 0 Å². The number of fused-ring (bicyclic) bond motifs is 1. The van der Waals surface area contributed by atoms with Gasteiger partial charge in [0.1, 0.15) is 5.82 Å². The van der Waals surface area contributed by atoms with Crippen molar-refractivity contribution < 1.29 is 4.79 Å². The Labute approximate surface area is 122 Å². The highest BCUT2D eigenvalue weighted by Gasteiger charge is 2.28. The van der Waals surface area contributed by atoms with E-state index in [1.807, 2.05) is 12.1 Å². The van der Waals surface area contributed by atoms with Crippen LogP contribution in [0, 0.1) is 5.92 Å². The molecule has 108 valence electrons. The molecule has 0 aromatic carbocycles. The molecule has 2 heterocycles. The Balaban J connectivity index is 1.45. The van der Waals surface area contributed by atoms with Crippen molar-refractivity contribution in [2.24, 2.45) is 5.92 Å². The zero-order valence-electron chi connectivity index (χ0n) is 11.7. The van der Waals surface area contributed by atoms with E-state index < -0.39 is 0 Å². The number of hydrogen-bond acceptors (Lipinski definition) is 4. The van der Waals surface area contributed by atoms with Crippen molar-refractivity contribution in [3.63, 3.8) is 0 Å². The van der Waals surface area contributed by atoms with Gasteiger partial charge < -0.3 is 5.32 Å². The monoisotopic (exact) mass is 283 g/mol. The summed E-state index contributed by atoms with van der Waals surface area (Å²) in [5, 5.41) is 13.8. The normalized spacial score (nSPS) is 20.9. The number of carbonyl (C=O) groups is 1. The van der Waals surface area contributed by atoms with E-state index in [0.29, 0.717) is 18.2 Å². The van der Waals surface area contributed by atoms with Crippen LogP contribution in [-0.4, -0.2) is 26.3 Å². The first-order valence-corrected chi connectivity index (χ1v) is 7.45. The van der Waals surface area contributed by atoms with Crippen molar-refractivity contribution in [1.82, 2.24) is 20.4 Å². The second kappa shape index (κ2) is 4.95. The van der Waals surface area contributed by atoms with Crippen molar-refractivity contribution >= 4 is 11.7 Å². The van der Waals surface area contributed by atoms with Gasteiger partial charge in [-0.3, -0.25) is 4.79 Å². The van der Waals surface area contributed by atoms with E-state index in [-0.39, 0.29) is 11.8 Å². The van der Waals surface area contributed by atoms with Crippen molar-refractivity contribution in [3.8, 4) is 0 Å². The lowest BCUT2D eigenvalue weighted by atomic mass is 9.89. The van der Waals surface area contributed by atoms with Crippen LogP contribution in [0.5, 0.6) is 0 Å². The molecule has 0 spiro atoms. The van der Waals surface area contributed by atoms with E-state index in [2.05, 4.69) is 25.7 Å². The molecule has 6 heteroatoms. The average molecular weight is 283 g/mol. The van der Waals surface area contributed by atoms with Crippen LogP contribution in [-0.2, 0) is 17.6 Å². The number of H-pyrrole nitrogens is 1. The largest absolute Gasteiger partial charge is 0.310 e. The third kappa shape index (κ3) is 2.53. The summed E-state index contributed by atoms with van der Waals surface area (Å²) < 4.78 is 0. The Morgan fingerprint density at radius 1 is 1.24 bits per heavy atom. The standard InChI is InChI=1S/C15H17N5O/c21-15(11-3-4-12-13(7-11)19-20-18-12)17-14-8-10(5-6-16-14)9-1-2-9/h5-6,8-9,11H,1-4,7H2,(H,16,17,21)(H,18,19,20). The van der Waals surface area contributed by atoms with E-state index in [1.54, 1.807) is 6.20 Å². The molecule has 2 aromatic rings. The Morgan fingerprint density at radius 3 is 2.95 bits per heavy atom. The number of hydrogen-bond donors (Lipinski definition) is 2. The van der Waals surface area contributed by atoms with Crippen LogP contribution in [0.15, 0.2) is 18.3 Å². The molecule has 1 saturated carbocycles. The first-order valence-electron chi connectivity index (χ1n) is 7.45. The van der Waals surface area contributed by atoms with Crippen LogP contribution < -0.4 is 5.32 Å². The van der Waals surface area contributed by atoms with Gasteiger partial charge in [0.05, 0.1) is 11.4 Å². The molecule has 1 amide bonds. The summed E-state index contributed by atoms with van der Waals surface area (Å²) in [5.74, 6) is 1.31. The van der Waals surface area contributed by atoms with Crippen LogP contribution in [0.4, 0.5) is 5.82 Å². The maximum absolute atomic E-state index is 12.4. The number of pyridine rings is 1. The lowest BCUT2D eigenvalue weighted by Gasteiger charge is -2.19. The minimum Gasteiger partial charge on any atom is -0.310 e. The molecular formula is C15H17N5O. The zero-order chi connectivity index (χ0) is 14.2. The highest BCUT2D eigenvalue weighted by atomic mass is 16.1. The molecule has 4 rings (SSSR count). The van der Waals surface area contributed by atoms with Crippen LogP contribution >= 0.6 is 0 Å². The second-order valence-electron chi connectivity index (χ2n) is 5.89. The quantitative estimate of drug-likeness (QED) is 0.900. The van der Waals surface area contributed by atoms with Crippen LogP contribution in [0.2, 0.25) is 0 Å². The molecule has 21 heavy (non-hydrogen) atoms. The number of rotatable bonds is 3. The number of aryl methyl sites for hydroxylation is 1. The number of anilines is 1. The summed E-state index contributed by atoms with van der Waals surface area (Å²) in [6.45, 7) is 0. The minimum atomic E-state index is -0.0472. The van der Waals surface area contributed by atoms with Gasteiger partial charge in [0, 0.05) is 18.5 Å². The summed E-state index contributed by atoms with van der Waals surface area (Å²) in [7, 11) is 0.